The van der Waals surface area contributed by atoms with Crippen molar-refractivity contribution in [3.05, 3.63) is 62.5 Å². The molecule has 0 aliphatic heterocycles. The Morgan fingerprint density at radius 1 is 1.10 bits per heavy atom. The van der Waals surface area contributed by atoms with Crippen molar-refractivity contribution in [3.8, 4) is 5.75 Å². The number of Topliss-reactive ketones (excluding diaryl/α,β-unsaturated/α-hetero) is 1. The van der Waals surface area contributed by atoms with Crippen LogP contribution in [0.2, 0.25) is 0 Å². The van der Waals surface area contributed by atoms with E-state index in [4.69, 9.17) is 4.74 Å². The summed E-state index contributed by atoms with van der Waals surface area (Å²) in [5.41, 5.74) is 1.85. The zero-order chi connectivity index (χ0) is 14.5. The Kier molecular flexibility index (Phi) is 5.38. The molecule has 0 aliphatic rings. The average Bonchev–Trinajstić information content (AvgIpc) is 2.47. The minimum Gasteiger partial charge on any atom is -0.497 e. The van der Waals surface area contributed by atoms with E-state index in [0.29, 0.717) is 12.0 Å². The van der Waals surface area contributed by atoms with Crippen LogP contribution in [-0.2, 0) is 6.42 Å². The van der Waals surface area contributed by atoms with Gasteiger partial charge in [0.2, 0.25) is 0 Å². The van der Waals surface area contributed by atoms with E-state index in [9.17, 15) is 4.79 Å². The maximum atomic E-state index is 12.2. The molecule has 2 nitrogen and oxygen atoms in total. The molecule has 4 heteroatoms. The summed E-state index contributed by atoms with van der Waals surface area (Å²) in [7, 11) is 1.64. The molecule has 0 N–H and O–H groups in total. The lowest BCUT2D eigenvalue weighted by atomic mass is 10.0. The molecule has 20 heavy (non-hydrogen) atoms. The van der Waals surface area contributed by atoms with Crippen molar-refractivity contribution in [2.75, 3.05) is 7.11 Å². The summed E-state index contributed by atoms with van der Waals surface area (Å²) in [4.78, 5) is 12.2. The van der Waals surface area contributed by atoms with Crippen molar-refractivity contribution in [1.82, 2.24) is 0 Å². The van der Waals surface area contributed by atoms with Crippen LogP contribution < -0.4 is 4.74 Å². The van der Waals surface area contributed by atoms with Crippen LogP contribution >= 0.6 is 31.9 Å². The number of benzene rings is 2. The molecule has 2 aromatic rings. The van der Waals surface area contributed by atoms with Gasteiger partial charge in [-0.05, 0) is 42.3 Å². The topological polar surface area (TPSA) is 26.3 Å². The van der Waals surface area contributed by atoms with E-state index in [1.54, 1.807) is 7.11 Å². The molecule has 2 rings (SSSR count). The standard InChI is InChI=1S/C16H14Br2O2/c1-20-13-6-2-11(3-7-13)4-9-16(19)14-10-12(17)5-8-15(14)18/h2-3,5-8,10H,4,9H2,1H3. The maximum Gasteiger partial charge on any atom is 0.164 e. The summed E-state index contributed by atoms with van der Waals surface area (Å²) in [6, 6.07) is 13.4. The van der Waals surface area contributed by atoms with Crippen molar-refractivity contribution in [1.29, 1.82) is 0 Å². The third-order valence-electron chi connectivity index (χ3n) is 3.03. The molecule has 0 amide bonds. The summed E-state index contributed by atoms with van der Waals surface area (Å²) < 4.78 is 6.86. The second-order valence-electron chi connectivity index (χ2n) is 4.40. The molecule has 2 aromatic carbocycles. The molecule has 0 unspecified atom stereocenters. The van der Waals surface area contributed by atoms with Crippen LogP contribution in [0.5, 0.6) is 5.75 Å². The first kappa shape index (κ1) is 15.3. The number of aryl methyl sites for hydroxylation is 1. The van der Waals surface area contributed by atoms with E-state index >= 15 is 0 Å². The minimum atomic E-state index is 0.133. The van der Waals surface area contributed by atoms with Crippen LogP contribution in [0.15, 0.2) is 51.4 Å². The monoisotopic (exact) mass is 396 g/mol. The van der Waals surface area contributed by atoms with E-state index in [0.717, 1.165) is 26.7 Å². The number of rotatable bonds is 5. The molecule has 0 atom stereocenters. The van der Waals surface area contributed by atoms with Gasteiger partial charge in [-0.15, -0.1) is 0 Å². The van der Waals surface area contributed by atoms with Crippen LogP contribution in [0.1, 0.15) is 22.3 Å². The SMILES string of the molecule is COc1ccc(CCC(=O)c2cc(Br)ccc2Br)cc1. The average molecular weight is 398 g/mol. The Hall–Kier alpha value is -1.13. The first-order valence-electron chi connectivity index (χ1n) is 6.21. The number of halogens is 2. The zero-order valence-corrected chi connectivity index (χ0v) is 14.2. The van der Waals surface area contributed by atoms with Crippen LogP contribution in [0.25, 0.3) is 0 Å². The van der Waals surface area contributed by atoms with Gasteiger partial charge in [0.05, 0.1) is 7.11 Å². The molecule has 0 spiro atoms. The fourth-order valence-electron chi connectivity index (χ4n) is 1.90. The molecule has 0 saturated carbocycles. The van der Waals surface area contributed by atoms with Crippen LogP contribution in [0.4, 0.5) is 0 Å². The second-order valence-corrected chi connectivity index (χ2v) is 6.17. The van der Waals surface area contributed by atoms with Crippen LogP contribution in [-0.4, -0.2) is 12.9 Å². The molecule has 0 saturated heterocycles. The number of carbonyl (C=O) groups is 1. The van der Waals surface area contributed by atoms with Crippen molar-refractivity contribution < 1.29 is 9.53 Å². The summed E-state index contributed by atoms with van der Waals surface area (Å²) in [5.74, 6) is 0.962. The van der Waals surface area contributed by atoms with E-state index < -0.39 is 0 Å². The summed E-state index contributed by atoms with van der Waals surface area (Å²) in [6.07, 6.45) is 1.21. The predicted molar refractivity (Wildman–Crippen MR) is 87.5 cm³/mol. The lowest BCUT2D eigenvalue weighted by molar-refractivity contribution is 0.0982. The number of methoxy groups -OCH3 is 1. The smallest absolute Gasteiger partial charge is 0.164 e. The van der Waals surface area contributed by atoms with E-state index in [-0.39, 0.29) is 5.78 Å². The highest BCUT2D eigenvalue weighted by Gasteiger charge is 2.10. The van der Waals surface area contributed by atoms with Crippen molar-refractivity contribution >= 4 is 37.6 Å². The largest absolute Gasteiger partial charge is 0.497 e. The fourth-order valence-corrected chi connectivity index (χ4v) is 2.72. The number of ketones is 1. The lowest BCUT2D eigenvalue weighted by Crippen LogP contribution is -2.02. The Bertz CT molecular complexity index is 606. The van der Waals surface area contributed by atoms with Gasteiger partial charge < -0.3 is 4.74 Å². The molecule has 0 heterocycles. The molecule has 104 valence electrons. The zero-order valence-electron chi connectivity index (χ0n) is 11.0. The van der Waals surface area contributed by atoms with Gasteiger partial charge in [0.15, 0.2) is 5.78 Å². The normalized spacial score (nSPS) is 10.3. The highest BCUT2D eigenvalue weighted by atomic mass is 79.9. The molecule has 0 radical (unpaired) electrons. The third-order valence-corrected chi connectivity index (χ3v) is 4.21. The van der Waals surface area contributed by atoms with E-state index in [1.165, 1.54) is 0 Å². The summed E-state index contributed by atoms with van der Waals surface area (Å²) in [6.45, 7) is 0. The third kappa shape index (κ3) is 3.93. The summed E-state index contributed by atoms with van der Waals surface area (Å²) >= 11 is 6.81. The highest BCUT2D eigenvalue weighted by molar-refractivity contribution is 9.11. The molecule has 0 aliphatic carbocycles. The molecule has 0 fully saturated rings. The quantitative estimate of drug-likeness (QED) is 0.661. The van der Waals surface area contributed by atoms with Crippen molar-refractivity contribution in [2.24, 2.45) is 0 Å². The first-order chi connectivity index (χ1) is 9.60. The second kappa shape index (κ2) is 7.04. The van der Waals surface area contributed by atoms with Gasteiger partial charge in [-0.1, -0.05) is 44.0 Å². The van der Waals surface area contributed by atoms with Crippen LogP contribution in [0, 0.1) is 0 Å². The fraction of sp³-hybridized carbons (Fsp3) is 0.188. The number of ether oxygens (including phenoxy) is 1. The molecule has 0 bridgehead atoms. The molecular weight excluding hydrogens is 384 g/mol. The number of hydrogen-bond acceptors (Lipinski definition) is 2. The van der Waals surface area contributed by atoms with Gasteiger partial charge >= 0.3 is 0 Å². The maximum absolute atomic E-state index is 12.2. The Balaban J connectivity index is 2.02. The molecular formula is C16H14Br2O2. The van der Waals surface area contributed by atoms with Gasteiger partial charge in [0.25, 0.3) is 0 Å². The predicted octanol–water partition coefficient (Wildman–Crippen LogP) is 5.04. The number of carbonyl (C=O) groups excluding carboxylic acids is 1. The van der Waals surface area contributed by atoms with Gasteiger partial charge in [-0.25, -0.2) is 0 Å². The van der Waals surface area contributed by atoms with Gasteiger partial charge in [0, 0.05) is 20.9 Å². The molecule has 0 aromatic heterocycles. The Morgan fingerprint density at radius 2 is 1.80 bits per heavy atom. The lowest BCUT2D eigenvalue weighted by Gasteiger charge is -2.06. The highest BCUT2D eigenvalue weighted by Crippen LogP contribution is 2.23. The van der Waals surface area contributed by atoms with E-state index in [2.05, 4.69) is 31.9 Å². The van der Waals surface area contributed by atoms with Crippen molar-refractivity contribution in [3.63, 3.8) is 0 Å². The van der Waals surface area contributed by atoms with Gasteiger partial charge in [-0.3, -0.25) is 4.79 Å². The Morgan fingerprint density at radius 3 is 2.45 bits per heavy atom. The summed E-state index contributed by atoms with van der Waals surface area (Å²) in [5, 5.41) is 0. The van der Waals surface area contributed by atoms with Gasteiger partial charge in [-0.2, -0.15) is 0 Å². The Labute approximate surface area is 135 Å². The van der Waals surface area contributed by atoms with Crippen LogP contribution in [0.3, 0.4) is 0 Å². The first-order valence-corrected chi connectivity index (χ1v) is 7.80. The van der Waals surface area contributed by atoms with Gasteiger partial charge in [0.1, 0.15) is 5.75 Å². The van der Waals surface area contributed by atoms with E-state index in [1.807, 2.05) is 42.5 Å². The van der Waals surface area contributed by atoms with Crippen molar-refractivity contribution in [2.45, 2.75) is 12.8 Å². The number of hydrogen-bond donors (Lipinski definition) is 0. The minimum absolute atomic E-state index is 0.133.